The van der Waals surface area contributed by atoms with Gasteiger partial charge in [0.25, 0.3) is 0 Å². The molecule has 0 aliphatic rings. The van der Waals surface area contributed by atoms with Gasteiger partial charge in [-0.05, 0) is 29.8 Å². The van der Waals surface area contributed by atoms with Gasteiger partial charge in [0.05, 0.1) is 11.6 Å². The van der Waals surface area contributed by atoms with E-state index in [-0.39, 0.29) is 5.82 Å². The van der Waals surface area contributed by atoms with Gasteiger partial charge in [-0.25, -0.2) is 4.39 Å². The predicted molar refractivity (Wildman–Crippen MR) is 92.0 cm³/mol. The van der Waals surface area contributed by atoms with Gasteiger partial charge in [-0.15, -0.1) is 6.58 Å². The minimum absolute atomic E-state index is 0.349. The molecule has 112 valence electrons. The average molecular weight is 302 g/mol. The lowest BCUT2D eigenvalue weighted by molar-refractivity contribution is 0.627. The fraction of sp³-hybridized carbons (Fsp3) is 0.0500. The van der Waals surface area contributed by atoms with Crippen LogP contribution in [0.25, 0.3) is 22.6 Å². The van der Waals surface area contributed by atoms with Crippen LogP contribution < -0.4 is 0 Å². The van der Waals surface area contributed by atoms with Crippen molar-refractivity contribution >= 4 is 22.6 Å². The molecule has 0 N–H and O–H groups in total. The van der Waals surface area contributed by atoms with E-state index in [1.807, 2.05) is 36.5 Å². The molecule has 3 rings (SSSR count). The summed E-state index contributed by atoms with van der Waals surface area (Å²) in [7, 11) is 0. The molecule has 0 unspecified atom stereocenters. The molecule has 0 fully saturated rings. The van der Waals surface area contributed by atoms with Crippen LogP contribution in [0.2, 0.25) is 0 Å². The van der Waals surface area contributed by atoms with Crippen LogP contribution >= 0.6 is 0 Å². The summed E-state index contributed by atoms with van der Waals surface area (Å²) in [6.07, 6.45) is 5.62. The van der Waals surface area contributed by atoms with Crippen molar-refractivity contribution in [3.8, 4) is 6.07 Å². The second-order valence-corrected chi connectivity index (χ2v) is 5.22. The minimum Gasteiger partial charge on any atom is -0.343 e. The predicted octanol–water partition coefficient (Wildman–Crippen LogP) is 5.03. The standard InChI is InChI=1S/C20H15FN2/c1-2-10-23-14-17(19-8-3-4-9-20(19)23)11-16(13-22)15-6-5-7-18(21)12-15/h2-9,11-12,14H,1,10H2/b16-11-. The number of fused-ring (bicyclic) bond motifs is 1. The summed E-state index contributed by atoms with van der Waals surface area (Å²) in [6.45, 7) is 4.47. The third-order valence-corrected chi connectivity index (χ3v) is 3.70. The topological polar surface area (TPSA) is 28.7 Å². The average Bonchev–Trinajstić information content (AvgIpc) is 2.91. The van der Waals surface area contributed by atoms with Gasteiger partial charge in [0, 0.05) is 29.2 Å². The number of para-hydroxylation sites is 1. The van der Waals surface area contributed by atoms with E-state index in [2.05, 4.69) is 17.2 Å². The van der Waals surface area contributed by atoms with Crippen LogP contribution in [0.4, 0.5) is 4.39 Å². The summed E-state index contributed by atoms with van der Waals surface area (Å²) in [5.74, 6) is -0.349. The fourth-order valence-corrected chi connectivity index (χ4v) is 2.67. The van der Waals surface area contributed by atoms with E-state index < -0.39 is 0 Å². The van der Waals surface area contributed by atoms with Crippen molar-refractivity contribution in [1.82, 2.24) is 4.57 Å². The number of nitrogens with zero attached hydrogens (tertiary/aromatic N) is 2. The molecule has 3 aromatic rings. The number of rotatable bonds is 4. The normalized spacial score (nSPS) is 11.4. The van der Waals surface area contributed by atoms with Crippen molar-refractivity contribution in [3.63, 3.8) is 0 Å². The molecule has 23 heavy (non-hydrogen) atoms. The van der Waals surface area contributed by atoms with Crippen molar-refractivity contribution in [2.24, 2.45) is 0 Å². The highest BCUT2D eigenvalue weighted by atomic mass is 19.1. The van der Waals surface area contributed by atoms with Gasteiger partial charge in [-0.1, -0.05) is 36.4 Å². The molecule has 2 nitrogen and oxygen atoms in total. The number of benzene rings is 2. The van der Waals surface area contributed by atoms with Gasteiger partial charge in [-0.3, -0.25) is 0 Å². The molecule has 0 atom stereocenters. The van der Waals surface area contributed by atoms with Crippen molar-refractivity contribution in [2.75, 3.05) is 0 Å². The summed E-state index contributed by atoms with van der Waals surface area (Å²) >= 11 is 0. The van der Waals surface area contributed by atoms with Gasteiger partial charge < -0.3 is 4.57 Å². The first kappa shape index (κ1) is 14.8. The van der Waals surface area contributed by atoms with E-state index in [0.717, 1.165) is 16.5 Å². The number of allylic oxidation sites excluding steroid dienone is 2. The molecule has 2 aromatic carbocycles. The van der Waals surface area contributed by atoms with Crippen LogP contribution in [0.5, 0.6) is 0 Å². The summed E-state index contributed by atoms with van der Waals surface area (Å²) < 4.78 is 15.5. The first-order valence-corrected chi connectivity index (χ1v) is 7.29. The van der Waals surface area contributed by atoms with Gasteiger partial charge >= 0.3 is 0 Å². The summed E-state index contributed by atoms with van der Waals surface area (Å²) in [5.41, 5.74) is 3.03. The number of hydrogen-bond donors (Lipinski definition) is 0. The molecular formula is C20H15FN2. The van der Waals surface area contributed by atoms with Crippen LogP contribution in [0, 0.1) is 17.1 Å². The Kier molecular flexibility index (Phi) is 4.07. The zero-order chi connectivity index (χ0) is 16.2. The first-order valence-electron chi connectivity index (χ1n) is 7.29. The van der Waals surface area contributed by atoms with E-state index in [9.17, 15) is 9.65 Å². The smallest absolute Gasteiger partial charge is 0.123 e. The maximum Gasteiger partial charge on any atom is 0.123 e. The monoisotopic (exact) mass is 302 g/mol. The SMILES string of the molecule is C=CCn1cc(/C=C(/C#N)c2cccc(F)c2)c2ccccc21. The van der Waals surface area contributed by atoms with Crippen LogP contribution in [0.15, 0.2) is 67.4 Å². The summed E-state index contributed by atoms with van der Waals surface area (Å²) in [5, 5.41) is 10.5. The lowest BCUT2D eigenvalue weighted by atomic mass is 10.0. The van der Waals surface area contributed by atoms with Gasteiger partial charge in [0.2, 0.25) is 0 Å². The third-order valence-electron chi connectivity index (χ3n) is 3.70. The second kappa shape index (κ2) is 6.33. The van der Waals surface area contributed by atoms with Crippen molar-refractivity contribution in [2.45, 2.75) is 6.54 Å². The molecule has 0 saturated heterocycles. The molecule has 0 amide bonds. The molecule has 0 aliphatic heterocycles. The maximum absolute atomic E-state index is 13.4. The number of nitriles is 1. The lowest BCUT2D eigenvalue weighted by Gasteiger charge is -1.99. The van der Waals surface area contributed by atoms with Crippen LogP contribution in [-0.4, -0.2) is 4.57 Å². The van der Waals surface area contributed by atoms with Crippen LogP contribution in [-0.2, 0) is 6.54 Å². The second-order valence-electron chi connectivity index (χ2n) is 5.22. The van der Waals surface area contributed by atoms with Gasteiger partial charge in [0.15, 0.2) is 0 Å². The van der Waals surface area contributed by atoms with Crippen molar-refractivity contribution in [3.05, 3.63) is 84.3 Å². The maximum atomic E-state index is 13.4. The quantitative estimate of drug-likeness (QED) is 0.491. The zero-order valence-corrected chi connectivity index (χ0v) is 12.5. The molecule has 0 aliphatic carbocycles. The minimum atomic E-state index is -0.349. The van der Waals surface area contributed by atoms with E-state index in [4.69, 9.17) is 0 Å². The Morgan fingerprint density at radius 2 is 2.04 bits per heavy atom. The molecule has 3 heteroatoms. The van der Waals surface area contributed by atoms with Gasteiger partial charge in [-0.2, -0.15) is 5.26 Å². The Balaban J connectivity index is 2.16. The molecule has 1 heterocycles. The largest absolute Gasteiger partial charge is 0.343 e. The Hall–Kier alpha value is -3.12. The fourth-order valence-electron chi connectivity index (χ4n) is 2.67. The van der Waals surface area contributed by atoms with E-state index in [0.29, 0.717) is 17.7 Å². The Morgan fingerprint density at radius 1 is 1.22 bits per heavy atom. The number of hydrogen-bond acceptors (Lipinski definition) is 1. The Morgan fingerprint density at radius 3 is 2.78 bits per heavy atom. The highest BCUT2D eigenvalue weighted by Gasteiger charge is 2.08. The molecule has 0 bridgehead atoms. The van der Waals surface area contributed by atoms with Crippen molar-refractivity contribution < 1.29 is 4.39 Å². The van der Waals surface area contributed by atoms with Crippen LogP contribution in [0.1, 0.15) is 11.1 Å². The molecule has 0 spiro atoms. The summed E-state index contributed by atoms with van der Waals surface area (Å²) in [6, 6.07) is 16.2. The molecule has 0 saturated carbocycles. The third kappa shape index (κ3) is 2.93. The van der Waals surface area contributed by atoms with Crippen molar-refractivity contribution in [1.29, 1.82) is 5.26 Å². The highest BCUT2D eigenvalue weighted by molar-refractivity contribution is 5.98. The molecular weight excluding hydrogens is 287 g/mol. The molecule has 0 radical (unpaired) electrons. The summed E-state index contributed by atoms with van der Waals surface area (Å²) in [4.78, 5) is 0. The molecule has 1 aromatic heterocycles. The zero-order valence-electron chi connectivity index (χ0n) is 12.5. The van der Waals surface area contributed by atoms with E-state index in [1.54, 1.807) is 18.2 Å². The Labute approximate surface area is 134 Å². The Bertz CT molecular complexity index is 942. The van der Waals surface area contributed by atoms with Gasteiger partial charge in [0.1, 0.15) is 5.82 Å². The highest BCUT2D eigenvalue weighted by Crippen LogP contribution is 2.26. The first-order chi connectivity index (χ1) is 11.2. The lowest BCUT2D eigenvalue weighted by Crippen LogP contribution is -1.91. The van der Waals surface area contributed by atoms with Crippen LogP contribution in [0.3, 0.4) is 0 Å². The number of aromatic nitrogens is 1. The van der Waals surface area contributed by atoms with E-state index >= 15 is 0 Å². The number of halogens is 1. The van der Waals surface area contributed by atoms with E-state index in [1.165, 1.54) is 12.1 Å².